The number of methoxy groups -OCH3 is 1. The quantitative estimate of drug-likeness (QED) is 0.753. The number of hydrogen-bond donors (Lipinski definition) is 1. The van der Waals surface area contributed by atoms with Crippen molar-refractivity contribution in [2.24, 2.45) is 0 Å². The predicted octanol–water partition coefficient (Wildman–Crippen LogP) is 2.05. The van der Waals surface area contributed by atoms with Crippen LogP contribution in [0.4, 0.5) is 11.4 Å². The number of nitrogens with zero attached hydrogens (tertiary/aromatic N) is 1. The maximum Gasteiger partial charge on any atom is 0.0637 e. The second-order valence-corrected chi connectivity index (χ2v) is 3.61. The lowest BCUT2D eigenvalue weighted by molar-refractivity contribution is 0.205. The monoisotopic (exact) mass is 208 g/mol. The molecular weight excluding hydrogens is 188 g/mol. The first-order valence-corrected chi connectivity index (χ1v) is 5.29. The molecule has 3 heteroatoms. The van der Waals surface area contributed by atoms with E-state index in [1.165, 1.54) is 0 Å². The van der Waals surface area contributed by atoms with Gasteiger partial charge in [0, 0.05) is 31.6 Å². The number of nitrogens with two attached hydrogens (primary N) is 1. The van der Waals surface area contributed by atoms with E-state index in [0.717, 1.165) is 36.6 Å². The Labute approximate surface area is 91.8 Å². The number of benzene rings is 1. The summed E-state index contributed by atoms with van der Waals surface area (Å²) in [4.78, 5) is 2.25. The van der Waals surface area contributed by atoms with Crippen molar-refractivity contribution in [2.45, 2.75) is 13.8 Å². The van der Waals surface area contributed by atoms with Gasteiger partial charge in [-0.2, -0.15) is 0 Å². The van der Waals surface area contributed by atoms with Crippen molar-refractivity contribution < 1.29 is 4.74 Å². The highest BCUT2D eigenvalue weighted by molar-refractivity contribution is 5.59. The van der Waals surface area contributed by atoms with Crippen molar-refractivity contribution in [3.05, 3.63) is 23.8 Å². The molecule has 0 heterocycles. The van der Waals surface area contributed by atoms with Crippen LogP contribution in [-0.4, -0.2) is 26.8 Å². The summed E-state index contributed by atoms with van der Waals surface area (Å²) < 4.78 is 5.08. The minimum Gasteiger partial charge on any atom is -0.398 e. The molecule has 0 aliphatic heterocycles. The average molecular weight is 208 g/mol. The maximum absolute atomic E-state index is 5.88. The summed E-state index contributed by atoms with van der Waals surface area (Å²) in [5.41, 5.74) is 9.03. The van der Waals surface area contributed by atoms with Crippen LogP contribution < -0.4 is 10.6 Å². The number of likely N-dealkylation sites (N-methyl/N-ethyl adjacent to an activating group) is 1. The zero-order valence-electron chi connectivity index (χ0n) is 9.79. The van der Waals surface area contributed by atoms with Gasteiger partial charge in [-0.05, 0) is 31.5 Å². The predicted molar refractivity (Wildman–Crippen MR) is 65.4 cm³/mol. The second-order valence-electron chi connectivity index (χ2n) is 3.61. The van der Waals surface area contributed by atoms with Crippen molar-refractivity contribution >= 4 is 11.4 Å². The van der Waals surface area contributed by atoms with Gasteiger partial charge in [-0.1, -0.05) is 6.07 Å². The zero-order chi connectivity index (χ0) is 11.3. The van der Waals surface area contributed by atoms with E-state index in [2.05, 4.69) is 24.0 Å². The SMILES string of the molecule is CCN(CCOC)c1ccc(C)c(N)c1. The van der Waals surface area contributed by atoms with Crippen LogP contribution in [0.3, 0.4) is 0 Å². The molecule has 3 nitrogen and oxygen atoms in total. The molecule has 0 spiro atoms. The Balaban J connectivity index is 2.78. The number of hydrogen-bond acceptors (Lipinski definition) is 3. The third kappa shape index (κ3) is 3.13. The largest absolute Gasteiger partial charge is 0.398 e. The van der Waals surface area contributed by atoms with Gasteiger partial charge < -0.3 is 15.4 Å². The number of ether oxygens (including phenoxy) is 1. The first kappa shape index (κ1) is 11.9. The lowest BCUT2D eigenvalue weighted by Gasteiger charge is -2.23. The van der Waals surface area contributed by atoms with Gasteiger partial charge in [-0.25, -0.2) is 0 Å². The lowest BCUT2D eigenvalue weighted by atomic mass is 10.1. The molecule has 0 fully saturated rings. The minimum atomic E-state index is 0.738. The fourth-order valence-electron chi connectivity index (χ4n) is 1.50. The van der Waals surface area contributed by atoms with Crippen LogP contribution in [0.15, 0.2) is 18.2 Å². The van der Waals surface area contributed by atoms with Gasteiger partial charge in [0.25, 0.3) is 0 Å². The molecule has 0 atom stereocenters. The van der Waals surface area contributed by atoms with E-state index in [9.17, 15) is 0 Å². The highest BCUT2D eigenvalue weighted by atomic mass is 16.5. The van der Waals surface area contributed by atoms with Crippen LogP contribution in [0.5, 0.6) is 0 Å². The Morgan fingerprint density at radius 3 is 2.67 bits per heavy atom. The topological polar surface area (TPSA) is 38.5 Å². The van der Waals surface area contributed by atoms with E-state index in [1.54, 1.807) is 7.11 Å². The minimum absolute atomic E-state index is 0.738. The van der Waals surface area contributed by atoms with Crippen molar-refractivity contribution in [3.63, 3.8) is 0 Å². The van der Waals surface area contributed by atoms with Gasteiger partial charge in [0.15, 0.2) is 0 Å². The molecule has 15 heavy (non-hydrogen) atoms. The molecule has 1 aromatic rings. The van der Waals surface area contributed by atoms with Gasteiger partial charge in [0.2, 0.25) is 0 Å². The van der Waals surface area contributed by atoms with Crippen LogP contribution in [0, 0.1) is 6.92 Å². The van der Waals surface area contributed by atoms with Crippen LogP contribution >= 0.6 is 0 Å². The molecule has 2 N–H and O–H groups in total. The van der Waals surface area contributed by atoms with Gasteiger partial charge >= 0.3 is 0 Å². The van der Waals surface area contributed by atoms with E-state index < -0.39 is 0 Å². The third-order valence-electron chi connectivity index (χ3n) is 2.58. The molecule has 1 aromatic carbocycles. The molecule has 0 radical (unpaired) electrons. The highest BCUT2D eigenvalue weighted by Gasteiger charge is 2.04. The molecule has 0 saturated heterocycles. The summed E-state index contributed by atoms with van der Waals surface area (Å²) in [6.07, 6.45) is 0. The third-order valence-corrected chi connectivity index (χ3v) is 2.58. The fourth-order valence-corrected chi connectivity index (χ4v) is 1.50. The maximum atomic E-state index is 5.88. The summed E-state index contributed by atoms with van der Waals surface area (Å²) in [6.45, 7) is 6.75. The normalized spacial score (nSPS) is 10.3. The molecule has 0 amide bonds. The second kappa shape index (κ2) is 5.61. The van der Waals surface area contributed by atoms with Crippen LogP contribution in [0.25, 0.3) is 0 Å². The summed E-state index contributed by atoms with van der Waals surface area (Å²) in [5.74, 6) is 0. The number of aryl methyl sites for hydroxylation is 1. The lowest BCUT2D eigenvalue weighted by Crippen LogP contribution is -2.26. The molecule has 0 aromatic heterocycles. The molecular formula is C12H20N2O. The Morgan fingerprint density at radius 2 is 2.13 bits per heavy atom. The first-order valence-electron chi connectivity index (χ1n) is 5.29. The van der Waals surface area contributed by atoms with E-state index >= 15 is 0 Å². The van der Waals surface area contributed by atoms with Crippen molar-refractivity contribution in [2.75, 3.05) is 37.4 Å². The van der Waals surface area contributed by atoms with Crippen LogP contribution in [0.1, 0.15) is 12.5 Å². The van der Waals surface area contributed by atoms with E-state index in [-0.39, 0.29) is 0 Å². The Kier molecular flexibility index (Phi) is 4.43. The standard InChI is InChI=1S/C12H20N2O/c1-4-14(7-8-15-3)11-6-5-10(2)12(13)9-11/h5-6,9H,4,7-8,13H2,1-3H3. The van der Waals surface area contributed by atoms with Gasteiger partial charge in [-0.15, -0.1) is 0 Å². The van der Waals surface area contributed by atoms with Crippen molar-refractivity contribution in [1.82, 2.24) is 0 Å². The summed E-state index contributed by atoms with van der Waals surface area (Å²) in [7, 11) is 1.72. The molecule has 0 saturated carbocycles. The van der Waals surface area contributed by atoms with Gasteiger partial charge in [0.1, 0.15) is 0 Å². The summed E-state index contributed by atoms with van der Waals surface area (Å²) in [5, 5.41) is 0. The van der Waals surface area contributed by atoms with Gasteiger partial charge in [0.05, 0.1) is 6.61 Å². The summed E-state index contributed by atoms with van der Waals surface area (Å²) >= 11 is 0. The Morgan fingerprint density at radius 1 is 1.40 bits per heavy atom. The Bertz CT molecular complexity index is 312. The Hall–Kier alpha value is -1.22. The fraction of sp³-hybridized carbons (Fsp3) is 0.500. The molecule has 0 unspecified atom stereocenters. The molecule has 0 aliphatic carbocycles. The van der Waals surface area contributed by atoms with E-state index in [0.29, 0.717) is 0 Å². The van der Waals surface area contributed by atoms with E-state index in [1.807, 2.05) is 13.0 Å². The number of anilines is 2. The summed E-state index contributed by atoms with van der Waals surface area (Å²) in [6, 6.07) is 6.18. The zero-order valence-corrected chi connectivity index (χ0v) is 9.79. The molecule has 1 rings (SSSR count). The van der Waals surface area contributed by atoms with Gasteiger partial charge in [-0.3, -0.25) is 0 Å². The smallest absolute Gasteiger partial charge is 0.0637 e. The number of nitrogen functional groups attached to an aromatic ring is 1. The van der Waals surface area contributed by atoms with Crippen LogP contribution in [-0.2, 0) is 4.74 Å². The first-order chi connectivity index (χ1) is 7.19. The molecule has 0 bridgehead atoms. The van der Waals surface area contributed by atoms with E-state index in [4.69, 9.17) is 10.5 Å². The average Bonchev–Trinajstić information content (AvgIpc) is 2.24. The van der Waals surface area contributed by atoms with Crippen LogP contribution in [0.2, 0.25) is 0 Å². The molecule has 84 valence electrons. The van der Waals surface area contributed by atoms with Crippen molar-refractivity contribution in [1.29, 1.82) is 0 Å². The van der Waals surface area contributed by atoms with Crippen molar-refractivity contribution in [3.8, 4) is 0 Å². The highest BCUT2D eigenvalue weighted by Crippen LogP contribution is 2.20. The number of rotatable bonds is 5. The molecule has 0 aliphatic rings.